The predicted molar refractivity (Wildman–Crippen MR) is 81.8 cm³/mol. The molecule has 20 heavy (non-hydrogen) atoms. The van der Waals surface area contributed by atoms with Gasteiger partial charge in [0.05, 0.1) is 13.0 Å². The molecule has 0 saturated heterocycles. The SMILES string of the molecule is CNC(=O)Cc1ccccc1NC(CCCN)COC. The van der Waals surface area contributed by atoms with Crippen molar-refractivity contribution in [3.8, 4) is 0 Å². The molecule has 1 atom stereocenters. The minimum Gasteiger partial charge on any atom is -0.383 e. The van der Waals surface area contributed by atoms with Gasteiger partial charge in [-0.1, -0.05) is 18.2 Å². The quantitative estimate of drug-likeness (QED) is 0.633. The molecule has 4 N–H and O–H groups in total. The van der Waals surface area contributed by atoms with Crippen LogP contribution in [0.2, 0.25) is 0 Å². The molecule has 0 saturated carbocycles. The molecule has 0 spiro atoms. The number of rotatable bonds is 9. The number of carbonyl (C=O) groups excluding carboxylic acids is 1. The Morgan fingerprint density at radius 2 is 2.15 bits per heavy atom. The Bertz CT molecular complexity index is 410. The second-order valence-corrected chi connectivity index (χ2v) is 4.73. The van der Waals surface area contributed by atoms with Crippen LogP contribution in [0.3, 0.4) is 0 Å². The van der Waals surface area contributed by atoms with E-state index in [9.17, 15) is 4.79 Å². The van der Waals surface area contributed by atoms with Crippen molar-refractivity contribution in [2.45, 2.75) is 25.3 Å². The molecule has 0 aliphatic rings. The molecule has 5 nitrogen and oxygen atoms in total. The van der Waals surface area contributed by atoms with E-state index >= 15 is 0 Å². The molecular weight excluding hydrogens is 254 g/mol. The number of carbonyl (C=O) groups is 1. The monoisotopic (exact) mass is 279 g/mol. The number of benzene rings is 1. The predicted octanol–water partition coefficient (Wildman–Crippen LogP) is 1.14. The van der Waals surface area contributed by atoms with E-state index in [1.807, 2.05) is 24.3 Å². The van der Waals surface area contributed by atoms with E-state index in [-0.39, 0.29) is 11.9 Å². The number of likely N-dealkylation sites (N-methyl/N-ethyl adjacent to an activating group) is 1. The van der Waals surface area contributed by atoms with E-state index in [0.29, 0.717) is 19.6 Å². The van der Waals surface area contributed by atoms with Gasteiger partial charge in [-0.05, 0) is 31.0 Å². The normalized spacial score (nSPS) is 11.9. The first-order valence-electron chi connectivity index (χ1n) is 6.95. The van der Waals surface area contributed by atoms with Crippen LogP contribution in [0, 0.1) is 0 Å². The summed E-state index contributed by atoms with van der Waals surface area (Å²) in [6.07, 6.45) is 2.26. The summed E-state index contributed by atoms with van der Waals surface area (Å²) in [5, 5.41) is 6.10. The van der Waals surface area contributed by atoms with Gasteiger partial charge >= 0.3 is 0 Å². The summed E-state index contributed by atoms with van der Waals surface area (Å²) >= 11 is 0. The van der Waals surface area contributed by atoms with E-state index < -0.39 is 0 Å². The van der Waals surface area contributed by atoms with Gasteiger partial charge in [0.1, 0.15) is 0 Å². The van der Waals surface area contributed by atoms with Gasteiger partial charge in [0, 0.05) is 25.9 Å². The molecule has 112 valence electrons. The van der Waals surface area contributed by atoms with Crippen molar-refractivity contribution in [2.75, 3.05) is 32.6 Å². The molecule has 0 aliphatic carbocycles. The number of amides is 1. The molecule has 5 heteroatoms. The Morgan fingerprint density at radius 3 is 2.80 bits per heavy atom. The van der Waals surface area contributed by atoms with Gasteiger partial charge in [0.25, 0.3) is 0 Å². The highest BCUT2D eigenvalue weighted by Gasteiger charge is 2.11. The summed E-state index contributed by atoms with van der Waals surface area (Å²) < 4.78 is 5.23. The van der Waals surface area contributed by atoms with Crippen molar-refractivity contribution in [2.24, 2.45) is 5.73 Å². The molecule has 1 rings (SSSR count). The lowest BCUT2D eigenvalue weighted by molar-refractivity contribution is -0.119. The maximum absolute atomic E-state index is 11.5. The van der Waals surface area contributed by atoms with Crippen LogP contribution in [0.4, 0.5) is 5.69 Å². The molecule has 0 heterocycles. The van der Waals surface area contributed by atoms with E-state index in [4.69, 9.17) is 10.5 Å². The van der Waals surface area contributed by atoms with Crippen molar-refractivity contribution in [1.82, 2.24) is 5.32 Å². The molecule has 0 aliphatic heterocycles. The number of para-hydroxylation sites is 1. The Hall–Kier alpha value is -1.59. The summed E-state index contributed by atoms with van der Waals surface area (Å²) in [5.41, 5.74) is 7.53. The van der Waals surface area contributed by atoms with Crippen LogP contribution < -0.4 is 16.4 Å². The standard InChI is InChI=1S/C15H25N3O2/c1-17-15(19)10-12-6-3-4-8-14(12)18-13(11-20-2)7-5-9-16/h3-4,6,8,13,18H,5,7,9-11,16H2,1-2H3,(H,17,19). The van der Waals surface area contributed by atoms with Gasteiger partial charge in [-0.2, -0.15) is 0 Å². The summed E-state index contributed by atoms with van der Waals surface area (Å²) in [6, 6.07) is 8.06. The second kappa shape index (κ2) is 9.34. The molecule has 0 fully saturated rings. The van der Waals surface area contributed by atoms with Crippen LogP contribution in [-0.2, 0) is 16.0 Å². The maximum Gasteiger partial charge on any atom is 0.224 e. The van der Waals surface area contributed by atoms with E-state index in [1.165, 1.54) is 0 Å². The third kappa shape index (κ3) is 5.59. The van der Waals surface area contributed by atoms with E-state index in [0.717, 1.165) is 24.1 Å². The van der Waals surface area contributed by atoms with E-state index in [1.54, 1.807) is 14.2 Å². The fraction of sp³-hybridized carbons (Fsp3) is 0.533. The third-order valence-corrected chi connectivity index (χ3v) is 3.13. The first kappa shape index (κ1) is 16.5. The first-order chi connectivity index (χ1) is 9.71. The van der Waals surface area contributed by atoms with Gasteiger partial charge in [0.15, 0.2) is 0 Å². The molecule has 1 unspecified atom stereocenters. The summed E-state index contributed by atoms with van der Waals surface area (Å²) in [5.74, 6) is 0.00417. The Labute approximate surface area is 120 Å². The van der Waals surface area contributed by atoms with Gasteiger partial charge in [-0.15, -0.1) is 0 Å². The van der Waals surface area contributed by atoms with Crippen LogP contribution in [0.5, 0.6) is 0 Å². The second-order valence-electron chi connectivity index (χ2n) is 4.73. The molecule has 1 aromatic rings. The topological polar surface area (TPSA) is 76.4 Å². The van der Waals surface area contributed by atoms with E-state index in [2.05, 4.69) is 10.6 Å². The van der Waals surface area contributed by atoms with Gasteiger partial charge < -0.3 is 21.1 Å². The Balaban J connectivity index is 2.75. The molecule has 0 radical (unpaired) electrons. The number of hydrogen-bond acceptors (Lipinski definition) is 4. The number of nitrogens with two attached hydrogens (primary N) is 1. The Morgan fingerprint density at radius 1 is 1.40 bits per heavy atom. The van der Waals surface area contributed by atoms with Crippen molar-refractivity contribution in [3.63, 3.8) is 0 Å². The highest BCUT2D eigenvalue weighted by atomic mass is 16.5. The maximum atomic E-state index is 11.5. The number of hydrogen-bond donors (Lipinski definition) is 3. The lowest BCUT2D eigenvalue weighted by Crippen LogP contribution is -2.27. The van der Waals surface area contributed by atoms with Gasteiger partial charge in [-0.3, -0.25) is 4.79 Å². The minimum absolute atomic E-state index is 0.00417. The van der Waals surface area contributed by atoms with Crippen LogP contribution in [0.25, 0.3) is 0 Å². The lowest BCUT2D eigenvalue weighted by Gasteiger charge is -2.21. The zero-order chi connectivity index (χ0) is 14.8. The number of methoxy groups -OCH3 is 1. The van der Waals surface area contributed by atoms with Gasteiger partial charge in [-0.25, -0.2) is 0 Å². The smallest absolute Gasteiger partial charge is 0.224 e. The summed E-state index contributed by atoms with van der Waals surface area (Å²) in [4.78, 5) is 11.5. The minimum atomic E-state index is 0.00417. The summed E-state index contributed by atoms with van der Waals surface area (Å²) in [7, 11) is 3.33. The van der Waals surface area contributed by atoms with Crippen molar-refractivity contribution < 1.29 is 9.53 Å². The summed E-state index contributed by atoms with van der Waals surface area (Å²) in [6.45, 7) is 1.29. The van der Waals surface area contributed by atoms with Crippen LogP contribution >= 0.6 is 0 Å². The highest BCUT2D eigenvalue weighted by Crippen LogP contribution is 2.18. The average Bonchev–Trinajstić information content (AvgIpc) is 2.46. The van der Waals surface area contributed by atoms with Crippen LogP contribution in [0.15, 0.2) is 24.3 Å². The molecule has 1 aromatic carbocycles. The zero-order valence-corrected chi connectivity index (χ0v) is 12.3. The fourth-order valence-electron chi connectivity index (χ4n) is 2.06. The van der Waals surface area contributed by atoms with Crippen LogP contribution in [-0.4, -0.2) is 39.3 Å². The van der Waals surface area contributed by atoms with Crippen LogP contribution in [0.1, 0.15) is 18.4 Å². The van der Waals surface area contributed by atoms with Gasteiger partial charge in [0.2, 0.25) is 5.91 Å². The lowest BCUT2D eigenvalue weighted by atomic mass is 10.1. The fourth-order valence-corrected chi connectivity index (χ4v) is 2.06. The zero-order valence-electron chi connectivity index (χ0n) is 12.3. The Kier molecular flexibility index (Phi) is 7.69. The molecule has 0 bridgehead atoms. The number of nitrogens with one attached hydrogen (secondary N) is 2. The molecule has 0 aromatic heterocycles. The number of ether oxygens (including phenoxy) is 1. The molecular formula is C15H25N3O2. The first-order valence-corrected chi connectivity index (χ1v) is 6.95. The number of anilines is 1. The van der Waals surface area contributed by atoms with Crippen molar-refractivity contribution >= 4 is 11.6 Å². The van der Waals surface area contributed by atoms with Crippen molar-refractivity contribution in [3.05, 3.63) is 29.8 Å². The largest absolute Gasteiger partial charge is 0.383 e. The highest BCUT2D eigenvalue weighted by molar-refractivity contribution is 5.80. The third-order valence-electron chi connectivity index (χ3n) is 3.13. The average molecular weight is 279 g/mol. The molecule has 1 amide bonds. The van der Waals surface area contributed by atoms with Crippen molar-refractivity contribution in [1.29, 1.82) is 0 Å².